The first kappa shape index (κ1) is 12.9. The van der Waals surface area contributed by atoms with E-state index in [0.717, 1.165) is 10.0 Å². The van der Waals surface area contributed by atoms with Crippen LogP contribution >= 0.6 is 15.9 Å². The molecule has 2 aromatic heterocycles. The van der Waals surface area contributed by atoms with Crippen LogP contribution in [0, 0.1) is 0 Å². The number of nitrogens with one attached hydrogen (secondary N) is 2. The number of H-pyrrole nitrogens is 1. The molecule has 0 radical (unpaired) electrons. The molecular formula is C13H12BrN5O. The number of halogens is 1. The number of aromatic amines is 1. The van der Waals surface area contributed by atoms with Crippen molar-refractivity contribution in [3.8, 4) is 5.88 Å². The Labute approximate surface area is 123 Å². The molecular weight excluding hydrogens is 322 g/mol. The van der Waals surface area contributed by atoms with Crippen LogP contribution in [0.4, 0.5) is 5.95 Å². The van der Waals surface area contributed by atoms with Crippen molar-refractivity contribution in [3.63, 3.8) is 0 Å². The summed E-state index contributed by atoms with van der Waals surface area (Å²) in [7, 11) is 1.76. The fraction of sp³-hybridized carbons (Fsp3) is 0.154. The second-order valence-corrected chi connectivity index (χ2v) is 4.94. The van der Waals surface area contributed by atoms with Crippen LogP contribution in [-0.2, 0) is 6.61 Å². The van der Waals surface area contributed by atoms with Crippen LogP contribution in [-0.4, -0.2) is 27.0 Å². The minimum absolute atomic E-state index is 0.412. The van der Waals surface area contributed by atoms with Gasteiger partial charge in [-0.3, -0.25) is 0 Å². The van der Waals surface area contributed by atoms with E-state index in [9.17, 15) is 0 Å². The lowest BCUT2D eigenvalue weighted by atomic mass is 10.2. The Balaban J connectivity index is 1.90. The second-order valence-electron chi connectivity index (χ2n) is 4.08. The predicted octanol–water partition coefficient (Wildman–Crippen LogP) is 2.74. The Bertz CT molecular complexity index is 742. The van der Waals surface area contributed by atoms with E-state index in [1.54, 1.807) is 13.4 Å². The van der Waals surface area contributed by atoms with Gasteiger partial charge in [0.05, 0.1) is 6.33 Å². The summed E-state index contributed by atoms with van der Waals surface area (Å²) in [4.78, 5) is 15.7. The van der Waals surface area contributed by atoms with Gasteiger partial charge in [0.2, 0.25) is 11.8 Å². The van der Waals surface area contributed by atoms with Crippen molar-refractivity contribution in [1.29, 1.82) is 0 Å². The smallest absolute Gasteiger partial charge is 0.245 e. The maximum absolute atomic E-state index is 5.79. The molecule has 102 valence electrons. The van der Waals surface area contributed by atoms with Gasteiger partial charge in [-0.25, -0.2) is 4.98 Å². The van der Waals surface area contributed by atoms with Crippen LogP contribution in [0.1, 0.15) is 5.56 Å². The van der Waals surface area contributed by atoms with Crippen molar-refractivity contribution in [2.45, 2.75) is 6.61 Å². The molecule has 0 aliphatic carbocycles. The van der Waals surface area contributed by atoms with Gasteiger partial charge >= 0.3 is 0 Å². The molecule has 1 aromatic carbocycles. The molecule has 0 amide bonds. The Morgan fingerprint density at radius 2 is 2.15 bits per heavy atom. The summed E-state index contributed by atoms with van der Waals surface area (Å²) in [5.41, 5.74) is 2.31. The number of imidazole rings is 1. The van der Waals surface area contributed by atoms with E-state index in [1.807, 2.05) is 24.3 Å². The monoisotopic (exact) mass is 333 g/mol. The van der Waals surface area contributed by atoms with Crippen molar-refractivity contribution in [3.05, 3.63) is 40.6 Å². The number of hydrogen-bond acceptors (Lipinski definition) is 5. The number of benzene rings is 1. The molecule has 0 aliphatic rings. The first-order valence-electron chi connectivity index (χ1n) is 6.03. The zero-order chi connectivity index (χ0) is 13.9. The first-order valence-corrected chi connectivity index (χ1v) is 6.82. The SMILES string of the molecule is CNc1nc(OCc2ccccc2Br)c2[nH]cnc2n1. The Hall–Kier alpha value is -2.15. The van der Waals surface area contributed by atoms with Gasteiger partial charge in [0.25, 0.3) is 0 Å². The van der Waals surface area contributed by atoms with E-state index in [2.05, 4.69) is 41.2 Å². The van der Waals surface area contributed by atoms with Crippen molar-refractivity contribution in [2.75, 3.05) is 12.4 Å². The Kier molecular flexibility index (Phi) is 3.51. The Morgan fingerprint density at radius 1 is 1.30 bits per heavy atom. The molecule has 0 bridgehead atoms. The lowest BCUT2D eigenvalue weighted by molar-refractivity contribution is 0.297. The molecule has 6 nitrogen and oxygen atoms in total. The number of aromatic nitrogens is 4. The zero-order valence-electron chi connectivity index (χ0n) is 10.7. The van der Waals surface area contributed by atoms with Crippen LogP contribution in [0.5, 0.6) is 5.88 Å². The van der Waals surface area contributed by atoms with Crippen molar-refractivity contribution in [2.24, 2.45) is 0 Å². The molecule has 3 rings (SSSR count). The van der Waals surface area contributed by atoms with Gasteiger partial charge in [0.1, 0.15) is 12.1 Å². The van der Waals surface area contributed by atoms with Crippen LogP contribution in [0.15, 0.2) is 35.1 Å². The normalized spacial score (nSPS) is 10.7. The lowest BCUT2D eigenvalue weighted by Crippen LogP contribution is -2.03. The number of nitrogens with zero attached hydrogens (tertiary/aromatic N) is 3. The minimum Gasteiger partial charge on any atom is -0.471 e. The van der Waals surface area contributed by atoms with E-state index in [1.165, 1.54) is 0 Å². The van der Waals surface area contributed by atoms with Gasteiger partial charge in [0, 0.05) is 17.1 Å². The highest BCUT2D eigenvalue weighted by Crippen LogP contribution is 2.23. The number of rotatable bonds is 4. The highest BCUT2D eigenvalue weighted by molar-refractivity contribution is 9.10. The third-order valence-electron chi connectivity index (χ3n) is 2.80. The van der Waals surface area contributed by atoms with Crippen LogP contribution in [0.2, 0.25) is 0 Å². The van der Waals surface area contributed by atoms with Crippen LogP contribution in [0.25, 0.3) is 11.2 Å². The van der Waals surface area contributed by atoms with Crippen LogP contribution < -0.4 is 10.1 Å². The summed E-state index contributed by atoms with van der Waals surface area (Å²) < 4.78 is 6.80. The number of fused-ring (bicyclic) bond motifs is 1. The third-order valence-corrected chi connectivity index (χ3v) is 3.57. The predicted molar refractivity (Wildman–Crippen MR) is 79.7 cm³/mol. The average molecular weight is 334 g/mol. The maximum Gasteiger partial charge on any atom is 0.245 e. The summed E-state index contributed by atoms with van der Waals surface area (Å²) in [6.45, 7) is 0.412. The molecule has 0 spiro atoms. The van der Waals surface area contributed by atoms with Crippen molar-refractivity contribution < 1.29 is 4.74 Å². The standard InChI is InChI=1S/C13H12BrN5O/c1-15-13-18-11-10(16-7-17-11)12(19-13)20-6-8-4-2-3-5-9(8)14/h2-5,7H,6H2,1H3,(H2,15,16,17,18,19). The average Bonchev–Trinajstić information content (AvgIpc) is 2.94. The lowest BCUT2D eigenvalue weighted by Gasteiger charge is -2.08. The number of anilines is 1. The summed E-state index contributed by atoms with van der Waals surface area (Å²) in [6.07, 6.45) is 1.57. The molecule has 7 heteroatoms. The van der Waals surface area contributed by atoms with E-state index >= 15 is 0 Å². The van der Waals surface area contributed by atoms with Gasteiger partial charge in [0.15, 0.2) is 5.65 Å². The molecule has 0 saturated carbocycles. The summed E-state index contributed by atoms with van der Waals surface area (Å²) in [6, 6.07) is 7.90. The summed E-state index contributed by atoms with van der Waals surface area (Å²) in [5.74, 6) is 0.958. The number of ether oxygens (including phenoxy) is 1. The zero-order valence-corrected chi connectivity index (χ0v) is 12.3. The van der Waals surface area contributed by atoms with Gasteiger partial charge < -0.3 is 15.0 Å². The molecule has 0 unspecified atom stereocenters. The highest BCUT2D eigenvalue weighted by Gasteiger charge is 2.11. The Morgan fingerprint density at radius 3 is 2.95 bits per heavy atom. The quantitative estimate of drug-likeness (QED) is 0.767. The van der Waals surface area contributed by atoms with E-state index in [4.69, 9.17) is 4.74 Å². The molecule has 0 saturated heterocycles. The van der Waals surface area contributed by atoms with E-state index in [-0.39, 0.29) is 0 Å². The molecule has 2 heterocycles. The highest BCUT2D eigenvalue weighted by atomic mass is 79.9. The van der Waals surface area contributed by atoms with Gasteiger partial charge in [-0.15, -0.1) is 0 Å². The van der Waals surface area contributed by atoms with E-state index in [0.29, 0.717) is 29.6 Å². The summed E-state index contributed by atoms with van der Waals surface area (Å²) >= 11 is 3.49. The molecule has 20 heavy (non-hydrogen) atoms. The first-order chi connectivity index (χ1) is 9.78. The van der Waals surface area contributed by atoms with Crippen LogP contribution in [0.3, 0.4) is 0 Å². The van der Waals surface area contributed by atoms with Gasteiger partial charge in [-0.2, -0.15) is 9.97 Å². The second kappa shape index (κ2) is 5.46. The molecule has 0 fully saturated rings. The number of hydrogen-bond donors (Lipinski definition) is 2. The molecule has 2 N–H and O–H groups in total. The van der Waals surface area contributed by atoms with Gasteiger partial charge in [-0.1, -0.05) is 34.1 Å². The minimum atomic E-state index is 0.412. The fourth-order valence-corrected chi connectivity index (χ4v) is 2.18. The van der Waals surface area contributed by atoms with Crippen molar-refractivity contribution in [1.82, 2.24) is 19.9 Å². The fourth-order valence-electron chi connectivity index (χ4n) is 1.78. The molecule has 0 atom stereocenters. The van der Waals surface area contributed by atoms with Crippen molar-refractivity contribution >= 4 is 33.0 Å². The van der Waals surface area contributed by atoms with E-state index < -0.39 is 0 Å². The maximum atomic E-state index is 5.79. The van der Waals surface area contributed by atoms with Gasteiger partial charge in [-0.05, 0) is 6.07 Å². The topological polar surface area (TPSA) is 75.7 Å². The molecule has 3 aromatic rings. The third kappa shape index (κ3) is 2.44. The largest absolute Gasteiger partial charge is 0.471 e. The summed E-state index contributed by atoms with van der Waals surface area (Å²) in [5, 5.41) is 2.89. The molecule has 0 aliphatic heterocycles.